The van der Waals surface area contributed by atoms with Gasteiger partial charge in [0.2, 0.25) is 0 Å². The van der Waals surface area contributed by atoms with E-state index >= 15 is 0 Å². The van der Waals surface area contributed by atoms with E-state index in [1.165, 1.54) is 0 Å². The van der Waals surface area contributed by atoms with Gasteiger partial charge >= 0.3 is 0 Å². The number of aryl methyl sites for hydroxylation is 2. The molecule has 0 aliphatic carbocycles. The van der Waals surface area contributed by atoms with E-state index in [9.17, 15) is 5.26 Å². The highest BCUT2D eigenvalue weighted by Crippen LogP contribution is 2.20. The van der Waals surface area contributed by atoms with Crippen molar-refractivity contribution in [1.29, 1.82) is 5.26 Å². The van der Waals surface area contributed by atoms with Crippen LogP contribution in [-0.4, -0.2) is 20.2 Å². The van der Waals surface area contributed by atoms with Gasteiger partial charge in [0.05, 0.1) is 17.9 Å². The van der Waals surface area contributed by atoms with Crippen LogP contribution in [-0.2, 0) is 19.4 Å². The average molecular weight is 282 g/mol. The Morgan fingerprint density at radius 1 is 1.24 bits per heavy atom. The number of hydrogen-bond donors (Lipinski definition) is 1. The molecule has 21 heavy (non-hydrogen) atoms. The van der Waals surface area contributed by atoms with Crippen LogP contribution in [0.1, 0.15) is 42.2 Å². The first-order chi connectivity index (χ1) is 10.2. The molecule has 0 saturated heterocycles. The molecule has 0 bridgehead atoms. The minimum absolute atomic E-state index is 0.487. The van der Waals surface area contributed by atoms with Gasteiger partial charge in [0.15, 0.2) is 5.82 Å². The summed E-state index contributed by atoms with van der Waals surface area (Å²) >= 11 is 0. The second-order valence-corrected chi connectivity index (χ2v) is 4.62. The predicted octanol–water partition coefficient (Wildman–Crippen LogP) is 2.18. The Morgan fingerprint density at radius 3 is 2.67 bits per heavy atom. The van der Waals surface area contributed by atoms with Crippen molar-refractivity contribution < 1.29 is 0 Å². The first-order valence-corrected chi connectivity index (χ1v) is 7.00. The highest BCUT2D eigenvalue weighted by Gasteiger charge is 2.14. The van der Waals surface area contributed by atoms with Crippen molar-refractivity contribution in [3.8, 4) is 6.07 Å². The zero-order chi connectivity index (χ0) is 15.2. The van der Waals surface area contributed by atoms with Crippen molar-refractivity contribution in [2.45, 2.75) is 40.2 Å². The van der Waals surface area contributed by atoms with Crippen LogP contribution >= 0.6 is 0 Å². The molecule has 0 saturated carbocycles. The lowest BCUT2D eigenvalue weighted by atomic mass is 10.0. The first kappa shape index (κ1) is 14.9. The predicted molar refractivity (Wildman–Crippen MR) is 79.6 cm³/mol. The van der Waals surface area contributed by atoms with Crippen molar-refractivity contribution in [3.63, 3.8) is 0 Å². The first-order valence-electron chi connectivity index (χ1n) is 7.00. The number of nitriles is 1. The van der Waals surface area contributed by atoms with E-state index in [1.54, 1.807) is 6.20 Å². The summed E-state index contributed by atoms with van der Waals surface area (Å²) in [5.41, 5.74) is 3.29. The van der Waals surface area contributed by atoms with Gasteiger partial charge in [0.25, 0.3) is 0 Å². The van der Waals surface area contributed by atoms with Gasteiger partial charge in [-0.05, 0) is 31.4 Å². The maximum absolute atomic E-state index is 9.41. The van der Waals surface area contributed by atoms with Crippen LogP contribution in [0.25, 0.3) is 0 Å². The minimum atomic E-state index is 0.487. The molecule has 0 aromatic carbocycles. The zero-order valence-electron chi connectivity index (χ0n) is 12.5. The summed E-state index contributed by atoms with van der Waals surface area (Å²) in [6, 6.07) is 4.07. The maximum Gasteiger partial charge on any atom is 0.167 e. The van der Waals surface area contributed by atoms with Crippen molar-refractivity contribution in [3.05, 3.63) is 40.6 Å². The number of nitrogens with zero attached hydrogens (tertiary/aromatic N) is 5. The molecule has 2 heterocycles. The fraction of sp³-hybridized carbons (Fsp3) is 0.400. The fourth-order valence-electron chi connectivity index (χ4n) is 2.19. The molecule has 0 atom stereocenters. The quantitative estimate of drug-likeness (QED) is 0.904. The van der Waals surface area contributed by atoms with E-state index in [4.69, 9.17) is 0 Å². The van der Waals surface area contributed by atoms with Crippen LogP contribution in [0.5, 0.6) is 0 Å². The van der Waals surface area contributed by atoms with Gasteiger partial charge in [0.1, 0.15) is 17.5 Å². The Bertz CT molecular complexity index is 674. The highest BCUT2D eigenvalue weighted by molar-refractivity contribution is 5.56. The molecular weight excluding hydrogens is 264 g/mol. The fourth-order valence-corrected chi connectivity index (χ4v) is 2.19. The number of nitrogens with one attached hydrogen (secondary N) is 1. The van der Waals surface area contributed by atoms with Gasteiger partial charge in [-0.25, -0.2) is 9.97 Å². The maximum atomic E-state index is 9.41. The third kappa shape index (κ3) is 3.31. The Morgan fingerprint density at radius 2 is 2.05 bits per heavy atom. The zero-order valence-corrected chi connectivity index (χ0v) is 12.5. The molecule has 0 aliphatic heterocycles. The summed E-state index contributed by atoms with van der Waals surface area (Å²) in [6.07, 6.45) is 3.26. The summed E-state index contributed by atoms with van der Waals surface area (Å²) in [5, 5.41) is 20.9. The van der Waals surface area contributed by atoms with E-state index in [2.05, 4.69) is 31.6 Å². The lowest BCUT2D eigenvalue weighted by molar-refractivity contribution is 0.863. The summed E-state index contributed by atoms with van der Waals surface area (Å²) in [7, 11) is 0. The van der Waals surface area contributed by atoms with Gasteiger partial charge in [-0.15, -0.1) is 5.10 Å². The second-order valence-electron chi connectivity index (χ2n) is 4.62. The molecule has 0 spiro atoms. The number of rotatable bonds is 5. The van der Waals surface area contributed by atoms with E-state index < -0.39 is 0 Å². The lowest BCUT2D eigenvalue weighted by Crippen LogP contribution is -2.11. The van der Waals surface area contributed by atoms with Crippen molar-refractivity contribution >= 4 is 5.82 Å². The van der Waals surface area contributed by atoms with Crippen LogP contribution in [0.2, 0.25) is 0 Å². The van der Waals surface area contributed by atoms with Gasteiger partial charge in [-0.1, -0.05) is 13.8 Å². The van der Waals surface area contributed by atoms with Crippen LogP contribution in [0.15, 0.2) is 12.3 Å². The van der Waals surface area contributed by atoms with Gasteiger partial charge in [-0.3, -0.25) is 0 Å². The third-order valence-corrected chi connectivity index (χ3v) is 3.23. The van der Waals surface area contributed by atoms with Crippen LogP contribution in [0.3, 0.4) is 0 Å². The molecule has 0 amide bonds. The van der Waals surface area contributed by atoms with Crippen LogP contribution in [0.4, 0.5) is 5.82 Å². The van der Waals surface area contributed by atoms with E-state index in [-0.39, 0.29) is 0 Å². The highest BCUT2D eigenvalue weighted by atomic mass is 15.2. The van der Waals surface area contributed by atoms with Crippen molar-refractivity contribution in [1.82, 2.24) is 20.2 Å². The number of hydrogen-bond acceptors (Lipinski definition) is 6. The minimum Gasteiger partial charge on any atom is -0.362 e. The molecular formula is C15H18N6. The molecule has 0 aliphatic rings. The summed E-state index contributed by atoms with van der Waals surface area (Å²) < 4.78 is 0. The summed E-state index contributed by atoms with van der Waals surface area (Å²) in [4.78, 5) is 8.37. The van der Waals surface area contributed by atoms with Gasteiger partial charge in [-0.2, -0.15) is 10.4 Å². The largest absolute Gasteiger partial charge is 0.362 e. The average Bonchev–Trinajstić information content (AvgIpc) is 2.51. The molecule has 0 radical (unpaired) electrons. The molecule has 2 aromatic heterocycles. The molecule has 2 rings (SSSR count). The molecule has 6 heteroatoms. The van der Waals surface area contributed by atoms with Gasteiger partial charge in [0, 0.05) is 6.20 Å². The van der Waals surface area contributed by atoms with Crippen LogP contribution < -0.4 is 5.32 Å². The standard InChI is InChI=1S/C15H18N6/c1-4-12-13(8-16)15(21-20-14(12)5-2)18-9-11-6-7-17-10(3)19-11/h6-7H,4-5,9H2,1-3H3,(H,18,21). The Hall–Kier alpha value is -2.55. The van der Waals surface area contributed by atoms with E-state index in [0.29, 0.717) is 17.9 Å². The Kier molecular flexibility index (Phi) is 4.77. The molecule has 1 N–H and O–H groups in total. The third-order valence-electron chi connectivity index (χ3n) is 3.23. The Balaban J connectivity index is 2.26. The lowest BCUT2D eigenvalue weighted by Gasteiger charge is -2.11. The van der Waals surface area contributed by atoms with Crippen LogP contribution in [0, 0.1) is 18.3 Å². The molecule has 0 fully saturated rings. The van der Waals surface area contributed by atoms with E-state index in [0.717, 1.165) is 35.6 Å². The summed E-state index contributed by atoms with van der Waals surface area (Å²) in [5.74, 6) is 1.24. The van der Waals surface area contributed by atoms with Crippen molar-refractivity contribution in [2.24, 2.45) is 0 Å². The monoisotopic (exact) mass is 282 g/mol. The Labute approximate surface area is 124 Å². The molecule has 0 unspecified atom stereocenters. The molecule has 6 nitrogen and oxygen atoms in total. The number of anilines is 1. The van der Waals surface area contributed by atoms with Gasteiger partial charge < -0.3 is 5.32 Å². The molecule has 108 valence electrons. The number of aromatic nitrogens is 4. The smallest absolute Gasteiger partial charge is 0.167 e. The SMILES string of the molecule is CCc1nnc(NCc2ccnc(C)n2)c(C#N)c1CC. The second kappa shape index (κ2) is 6.75. The van der Waals surface area contributed by atoms with Crippen molar-refractivity contribution in [2.75, 3.05) is 5.32 Å². The summed E-state index contributed by atoms with van der Waals surface area (Å²) in [6.45, 7) is 6.37. The van der Waals surface area contributed by atoms with E-state index in [1.807, 2.05) is 26.8 Å². The molecule has 2 aromatic rings. The normalized spacial score (nSPS) is 10.2. The topological polar surface area (TPSA) is 87.4 Å².